The molecule has 1 N–H and O–H groups in total. The summed E-state index contributed by atoms with van der Waals surface area (Å²) in [6.07, 6.45) is 1.85. The van der Waals surface area contributed by atoms with Crippen LogP contribution in [0.4, 0.5) is 0 Å². The van der Waals surface area contributed by atoms with E-state index >= 15 is 0 Å². The average molecular weight is 307 g/mol. The molecule has 120 valence electrons. The first-order valence-corrected chi connectivity index (χ1v) is 7.27. The number of methoxy groups -OCH3 is 2. The minimum atomic E-state index is -0.865. The molecule has 1 aliphatic heterocycles. The van der Waals surface area contributed by atoms with Crippen LogP contribution >= 0.6 is 0 Å². The zero-order valence-corrected chi connectivity index (χ0v) is 12.9. The van der Waals surface area contributed by atoms with E-state index < -0.39 is 5.97 Å². The van der Waals surface area contributed by atoms with Crippen LogP contribution in [0, 0.1) is 0 Å². The number of ether oxygens (including phenoxy) is 2. The molecule has 0 radical (unpaired) electrons. The second-order valence-electron chi connectivity index (χ2n) is 5.35. The molecule has 1 amide bonds. The van der Waals surface area contributed by atoms with Crippen molar-refractivity contribution < 1.29 is 24.2 Å². The number of likely N-dealkylation sites (tertiary alicyclic amines) is 1. The summed E-state index contributed by atoms with van der Waals surface area (Å²) in [7, 11) is 3.11. The van der Waals surface area contributed by atoms with Crippen LogP contribution in [-0.2, 0) is 16.0 Å². The lowest BCUT2D eigenvalue weighted by atomic mass is 10.1. The van der Waals surface area contributed by atoms with E-state index in [0.29, 0.717) is 18.0 Å². The number of hydrogen-bond donors (Lipinski definition) is 1. The molecule has 0 spiro atoms. The van der Waals surface area contributed by atoms with Crippen LogP contribution in [0.2, 0.25) is 0 Å². The van der Waals surface area contributed by atoms with Crippen LogP contribution in [0.1, 0.15) is 24.8 Å². The summed E-state index contributed by atoms with van der Waals surface area (Å²) in [5.41, 5.74) is 0.823. The molecule has 0 aromatic heterocycles. The van der Waals surface area contributed by atoms with Crippen LogP contribution in [0.25, 0.3) is 0 Å². The van der Waals surface area contributed by atoms with Gasteiger partial charge in [0.2, 0.25) is 5.91 Å². The van der Waals surface area contributed by atoms with Crippen molar-refractivity contribution in [3.05, 3.63) is 23.8 Å². The third kappa shape index (κ3) is 3.69. The maximum absolute atomic E-state index is 12.4. The SMILES string of the molecule is COc1ccc(CC(=O)N2CCCC2CC(=O)O)cc1OC. The minimum Gasteiger partial charge on any atom is -0.493 e. The number of carboxylic acid groups (broad SMARTS) is 1. The van der Waals surface area contributed by atoms with Crippen molar-refractivity contribution >= 4 is 11.9 Å². The van der Waals surface area contributed by atoms with Crippen LogP contribution in [0.15, 0.2) is 18.2 Å². The Morgan fingerprint density at radius 3 is 2.64 bits per heavy atom. The van der Waals surface area contributed by atoms with Gasteiger partial charge in [-0.1, -0.05) is 6.07 Å². The van der Waals surface area contributed by atoms with Gasteiger partial charge in [0.1, 0.15) is 0 Å². The average Bonchev–Trinajstić information content (AvgIpc) is 2.94. The number of carbonyl (C=O) groups excluding carboxylic acids is 1. The highest BCUT2D eigenvalue weighted by molar-refractivity contribution is 5.80. The molecule has 1 fully saturated rings. The molecule has 22 heavy (non-hydrogen) atoms. The van der Waals surface area contributed by atoms with Gasteiger partial charge in [0.15, 0.2) is 11.5 Å². The molecular formula is C16H21NO5. The molecule has 0 aliphatic carbocycles. The lowest BCUT2D eigenvalue weighted by Gasteiger charge is -2.23. The molecule has 6 heteroatoms. The normalized spacial score (nSPS) is 17.4. The van der Waals surface area contributed by atoms with Crippen molar-refractivity contribution in [2.24, 2.45) is 0 Å². The molecule has 1 saturated heterocycles. The van der Waals surface area contributed by atoms with Gasteiger partial charge in [-0.2, -0.15) is 0 Å². The van der Waals surface area contributed by atoms with Crippen molar-refractivity contribution in [3.8, 4) is 11.5 Å². The van der Waals surface area contributed by atoms with Crippen molar-refractivity contribution in [1.82, 2.24) is 4.90 Å². The maximum Gasteiger partial charge on any atom is 0.305 e. The minimum absolute atomic E-state index is 0.0116. The van der Waals surface area contributed by atoms with Crippen molar-refractivity contribution in [3.63, 3.8) is 0 Å². The molecule has 6 nitrogen and oxygen atoms in total. The van der Waals surface area contributed by atoms with Gasteiger partial charge in [0.05, 0.1) is 27.1 Å². The van der Waals surface area contributed by atoms with E-state index in [1.165, 1.54) is 0 Å². The first-order chi connectivity index (χ1) is 10.5. The second kappa shape index (κ2) is 7.15. The third-order valence-corrected chi connectivity index (χ3v) is 3.91. The van der Waals surface area contributed by atoms with Gasteiger partial charge in [-0.25, -0.2) is 0 Å². The third-order valence-electron chi connectivity index (χ3n) is 3.91. The van der Waals surface area contributed by atoms with Crippen molar-refractivity contribution in [2.45, 2.75) is 31.7 Å². The van der Waals surface area contributed by atoms with E-state index in [1.54, 1.807) is 31.3 Å². The summed E-state index contributed by atoms with van der Waals surface area (Å²) in [6, 6.07) is 5.17. The fourth-order valence-corrected chi connectivity index (χ4v) is 2.84. The molecule has 1 heterocycles. The van der Waals surface area contributed by atoms with Crippen LogP contribution < -0.4 is 9.47 Å². The zero-order chi connectivity index (χ0) is 16.1. The zero-order valence-electron chi connectivity index (χ0n) is 12.9. The van der Waals surface area contributed by atoms with Crippen molar-refractivity contribution in [1.29, 1.82) is 0 Å². The number of carbonyl (C=O) groups is 2. The fraction of sp³-hybridized carbons (Fsp3) is 0.500. The van der Waals surface area contributed by atoms with Crippen LogP contribution in [-0.4, -0.2) is 48.7 Å². The highest BCUT2D eigenvalue weighted by atomic mass is 16.5. The Balaban J connectivity index is 2.06. The van der Waals surface area contributed by atoms with Gasteiger partial charge in [0.25, 0.3) is 0 Å². The fourth-order valence-electron chi connectivity index (χ4n) is 2.84. The Kier molecular flexibility index (Phi) is 5.25. The maximum atomic E-state index is 12.4. The topological polar surface area (TPSA) is 76.1 Å². The highest BCUT2D eigenvalue weighted by Crippen LogP contribution is 2.28. The molecule has 0 saturated carbocycles. The van der Waals surface area contributed by atoms with Gasteiger partial charge in [-0.3, -0.25) is 9.59 Å². The van der Waals surface area contributed by atoms with Gasteiger partial charge in [-0.15, -0.1) is 0 Å². The molecule has 1 aromatic carbocycles. The molecule has 0 bridgehead atoms. The van der Waals surface area contributed by atoms with Gasteiger partial charge in [-0.05, 0) is 30.5 Å². The number of rotatable bonds is 6. The lowest BCUT2D eigenvalue weighted by molar-refractivity contribution is -0.139. The molecule has 1 aromatic rings. The van der Waals surface area contributed by atoms with E-state index in [0.717, 1.165) is 18.4 Å². The largest absolute Gasteiger partial charge is 0.493 e. The summed E-state index contributed by atoms with van der Waals surface area (Å²) in [5, 5.41) is 8.92. The Morgan fingerprint density at radius 1 is 1.27 bits per heavy atom. The summed E-state index contributed by atoms with van der Waals surface area (Å²) in [6.45, 7) is 0.629. The Labute approximate surface area is 129 Å². The quantitative estimate of drug-likeness (QED) is 0.866. The summed E-state index contributed by atoms with van der Waals surface area (Å²) >= 11 is 0. The Morgan fingerprint density at radius 2 is 2.00 bits per heavy atom. The Hall–Kier alpha value is -2.24. The molecule has 1 atom stereocenters. The van der Waals surface area contributed by atoms with E-state index in [2.05, 4.69) is 0 Å². The van der Waals surface area contributed by atoms with E-state index in [9.17, 15) is 9.59 Å². The first-order valence-electron chi connectivity index (χ1n) is 7.27. The molecular weight excluding hydrogens is 286 g/mol. The second-order valence-corrected chi connectivity index (χ2v) is 5.35. The molecule has 1 unspecified atom stereocenters. The van der Waals surface area contributed by atoms with Gasteiger partial charge in [0, 0.05) is 12.6 Å². The van der Waals surface area contributed by atoms with Crippen LogP contribution in [0.3, 0.4) is 0 Å². The van der Waals surface area contributed by atoms with E-state index in [1.807, 2.05) is 6.07 Å². The number of benzene rings is 1. The van der Waals surface area contributed by atoms with Crippen molar-refractivity contribution in [2.75, 3.05) is 20.8 Å². The number of hydrogen-bond acceptors (Lipinski definition) is 4. The van der Waals surface area contributed by atoms with E-state index in [4.69, 9.17) is 14.6 Å². The predicted octanol–water partition coefficient (Wildman–Crippen LogP) is 1.71. The lowest BCUT2D eigenvalue weighted by Crippen LogP contribution is -2.37. The number of amides is 1. The smallest absolute Gasteiger partial charge is 0.305 e. The standard InChI is InChI=1S/C16H21NO5/c1-21-13-6-5-11(8-14(13)22-2)9-15(18)17-7-3-4-12(17)10-16(19)20/h5-6,8,12H,3-4,7,9-10H2,1-2H3,(H,19,20). The molecule has 1 aliphatic rings. The Bertz CT molecular complexity index is 557. The summed E-state index contributed by atoms with van der Waals surface area (Å²) in [4.78, 5) is 25.0. The number of carboxylic acids is 1. The van der Waals surface area contributed by atoms with Crippen LogP contribution in [0.5, 0.6) is 11.5 Å². The predicted molar refractivity (Wildman–Crippen MR) is 80.2 cm³/mol. The monoisotopic (exact) mass is 307 g/mol. The first kappa shape index (κ1) is 16.1. The summed E-state index contributed by atoms with van der Waals surface area (Å²) < 4.78 is 10.4. The summed E-state index contributed by atoms with van der Waals surface area (Å²) in [5.74, 6) is 0.284. The highest BCUT2D eigenvalue weighted by Gasteiger charge is 2.30. The number of aliphatic carboxylic acids is 1. The molecule has 2 rings (SSSR count). The van der Waals surface area contributed by atoms with E-state index in [-0.39, 0.29) is 24.8 Å². The van der Waals surface area contributed by atoms with Gasteiger partial charge >= 0.3 is 5.97 Å². The number of nitrogens with zero attached hydrogens (tertiary/aromatic N) is 1. The van der Waals surface area contributed by atoms with Gasteiger partial charge < -0.3 is 19.5 Å².